The van der Waals surface area contributed by atoms with Gasteiger partial charge in [0.2, 0.25) is 5.78 Å². The molecule has 1 saturated carbocycles. The predicted octanol–water partition coefficient (Wildman–Crippen LogP) is 3.93. The van der Waals surface area contributed by atoms with Gasteiger partial charge < -0.3 is 4.74 Å². The van der Waals surface area contributed by atoms with Crippen molar-refractivity contribution < 1.29 is 9.53 Å². The highest BCUT2D eigenvalue weighted by Crippen LogP contribution is 2.38. The Hall–Kier alpha value is -0.380. The lowest BCUT2D eigenvalue weighted by molar-refractivity contribution is -0.0160. The number of carbonyl (C=O) groups is 1. The molecule has 0 N–H and O–H groups in total. The molecule has 0 amide bonds. The maximum atomic E-state index is 12.4. The summed E-state index contributed by atoms with van der Waals surface area (Å²) in [4.78, 5) is 13.1. The molecule has 1 aliphatic rings. The van der Waals surface area contributed by atoms with E-state index in [1.54, 1.807) is 12.1 Å². The van der Waals surface area contributed by atoms with Crippen LogP contribution in [0.4, 0.5) is 0 Å². The number of halogens is 1. The molecule has 1 fully saturated rings. The quantitative estimate of drug-likeness (QED) is 0.765. The second kappa shape index (κ2) is 4.86. The van der Waals surface area contributed by atoms with E-state index in [-0.39, 0.29) is 5.78 Å². The van der Waals surface area contributed by atoms with Gasteiger partial charge in [-0.3, -0.25) is 4.79 Å². The lowest BCUT2D eigenvalue weighted by atomic mass is 9.95. The molecule has 4 heteroatoms. The maximum Gasteiger partial charge on any atom is 0.204 e. The largest absolute Gasteiger partial charge is 0.367 e. The van der Waals surface area contributed by atoms with E-state index in [0.717, 1.165) is 30.6 Å². The standard InChI is InChI=1S/C12H15ClO2S/c1-2-15-12(7-3-4-8-12)11(14)9-5-6-10(13)16-9/h5-6H,2-4,7-8H2,1H3. The lowest BCUT2D eigenvalue weighted by Crippen LogP contribution is -2.38. The van der Waals surface area contributed by atoms with Crippen LogP contribution >= 0.6 is 22.9 Å². The molecule has 1 aromatic rings. The van der Waals surface area contributed by atoms with Gasteiger partial charge >= 0.3 is 0 Å². The first-order valence-electron chi connectivity index (χ1n) is 5.62. The van der Waals surface area contributed by atoms with Crippen molar-refractivity contribution in [2.45, 2.75) is 38.2 Å². The Morgan fingerprint density at radius 1 is 1.50 bits per heavy atom. The van der Waals surface area contributed by atoms with Crippen LogP contribution in [0.3, 0.4) is 0 Å². The van der Waals surface area contributed by atoms with Gasteiger partial charge in [0.1, 0.15) is 5.60 Å². The van der Waals surface area contributed by atoms with Crippen LogP contribution < -0.4 is 0 Å². The first-order chi connectivity index (χ1) is 7.68. The fourth-order valence-electron chi connectivity index (χ4n) is 2.32. The summed E-state index contributed by atoms with van der Waals surface area (Å²) < 4.78 is 6.39. The molecular formula is C12H15ClO2S. The van der Waals surface area contributed by atoms with Crippen molar-refractivity contribution in [2.24, 2.45) is 0 Å². The highest BCUT2D eigenvalue weighted by Gasteiger charge is 2.42. The highest BCUT2D eigenvalue weighted by atomic mass is 35.5. The van der Waals surface area contributed by atoms with Crippen LogP contribution in [0, 0.1) is 0 Å². The molecule has 0 saturated heterocycles. The average molecular weight is 259 g/mol. The molecule has 0 unspecified atom stereocenters. The summed E-state index contributed by atoms with van der Waals surface area (Å²) in [5.41, 5.74) is -0.567. The molecule has 2 nitrogen and oxygen atoms in total. The third-order valence-electron chi connectivity index (χ3n) is 3.04. The summed E-state index contributed by atoms with van der Waals surface area (Å²) in [6, 6.07) is 3.57. The Kier molecular flexibility index (Phi) is 3.67. The Labute approximate surface area is 105 Å². The van der Waals surface area contributed by atoms with Crippen molar-refractivity contribution in [3.8, 4) is 0 Å². The number of carbonyl (C=O) groups excluding carboxylic acids is 1. The molecule has 0 aromatic carbocycles. The fourth-order valence-corrected chi connectivity index (χ4v) is 3.39. The van der Waals surface area contributed by atoms with E-state index in [1.165, 1.54) is 11.3 Å². The zero-order chi connectivity index (χ0) is 11.6. The summed E-state index contributed by atoms with van der Waals surface area (Å²) in [7, 11) is 0. The zero-order valence-electron chi connectivity index (χ0n) is 9.29. The van der Waals surface area contributed by atoms with Crippen LogP contribution in [0.2, 0.25) is 4.34 Å². The van der Waals surface area contributed by atoms with E-state index in [1.807, 2.05) is 6.92 Å². The Balaban J connectivity index is 2.23. The van der Waals surface area contributed by atoms with E-state index < -0.39 is 5.60 Å². The SMILES string of the molecule is CCOC1(C(=O)c2ccc(Cl)s2)CCCC1. The summed E-state index contributed by atoms with van der Waals surface area (Å²) in [5, 5.41) is 0. The van der Waals surface area contributed by atoms with Crippen molar-refractivity contribution in [1.29, 1.82) is 0 Å². The number of hydrogen-bond acceptors (Lipinski definition) is 3. The first kappa shape index (κ1) is 12.1. The molecule has 1 aromatic heterocycles. The van der Waals surface area contributed by atoms with Gasteiger partial charge in [-0.25, -0.2) is 0 Å². The lowest BCUT2D eigenvalue weighted by Gasteiger charge is -2.26. The van der Waals surface area contributed by atoms with Crippen LogP contribution in [0.15, 0.2) is 12.1 Å². The molecule has 0 bridgehead atoms. The van der Waals surface area contributed by atoms with Gasteiger partial charge in [0.25, 0.3) is 0 Å². The Morgan fingerprint density at radius 3 is 2.69 bits per heavy atom. The molecule has 16 heavy (non-hydrogen) atoms. The average Bonchev–Trinajstić information content (AvgIpc) is 2.87. The predicted molar refractivity (Wildman–Crippen MR) is 66.5 cm³/mol. The Bertz CT molecular complexity index is 380. The highest BCUT2D eigenvalue weighted by molar-refractivity contribution is 7.18. The number of rotatable bonds is 4. The van der Waals surface area contributed by atoms with Crippen molar-refractivity contribution in [3.05, 3.63) is 21.3 Å². The molecular weight excluding hydrogens is 244 g/mol. The van der Waals surface area contributed by atoms with E-state index >= 15 is 0 Å². The fraction of sp³-hybridized carbons (Fsp3) is 0.583. The van der Waals surface area contributed by atoms with Crippen LogP contribution in [-0.4, -0.2) is 18.0 Å². The topological polar surface area (TPSA) is 26.3 Å². The number of Topliss-reactive ketones (excluding diaryl/α,β-unsaturated/α-hetero) is 1. The summed E-state index contributed by atoms with van der Waals surface area (Å²) >= 11 is 7.20. The van der Waals surface area contributed by atoms with Gasteiger partial charge in [0.15, 0.2) is 0 Å². The second-order valence-corrected chi connectivity index (χ2v) is 5.78. The van der Waals surface area contributed by atoms with E-state index in [0.29, 0.717) is 10.9 Å². The van der Waals surface area contributed by atoms with E-state index in [4.69, 9.17) is 16.3 Å². The molecule has 2 rings (SSSR count). The zero-order valence-corrected chi connectivity index (χ0v) is 10.9. The minimum atomic E-state index is -0.567. The minimum absolute atomic E-state index is 0.115. The van der Waals surface area contributed by atoms with Gasteiger partial charge in [-0.2, -0.15) is 0 Å². The van der Waals surface area contributed by atoms with Crippen molar-refractivity contribution >= 4 is 28.7 Å². The van der Waals surface area contributed by atoms with Crippen molar-refractivity contribution in [1.82, 2.24) is 0 Å². The van der Waals surface area contributed by atoms with E-state index in [2.05, 4.69) is 0 Å². The number of ether oxygens (including phenoxy) is 1. The number of hydrogen-bond donors (Lipinski definition) is 0. The van der Waals surface area contributed by atoms with Crippen LogP contribution in [0.1, 0.15) is 42.3 Å². The Morgan fingerprint density at radius 2 is 2.19 bits per heavy atom. The summed E-state index contributed by atoms with van der Waals surface area (Å²) in [5.74, 6) is 0.115. The molecule has 0 atom stereocenters. The van der Waals surface area contributed by atoms with Gasteiger partial charge in [0, 0.05) is 6.61 Å². The normalized spacial score (nSPS) is 18.9. The third-order valence-corrected chi connectivity index (χ3v) is 4.27. The second-order valence-electron chi connectivity index (χ2n) is 4.07. The monoisotopic (exact) mass is 258 g/mol. The molecule has 0 spiro atoms. The van der Waals surface area contributed by atoms with Gasteiger partial charge in [-0.05, 0) is 44.7 Å². The number of ketones is 1. The number of thiophene rings is 1. The van der Waals surface area contributed by atoms with Crippen molar-refractivity contribution in [3.63, 3.8) is 0 Å². The first-order valence-corrected chi connectivity index (χ1v) is 6.81. The van der Waals surface area contributed by atoms with Crippen LogP contribution in [0.25, 0.3) is 0 Å². The van der Waals surface area contributed by atoms with Gasteiger partial charge in [0.05, 0.1) is 9.21 Å². The molecule has 1 heterocycles. The molecule has 1 aliphatic carbocycles. The summed E-state index contributed by atoms with van der Waals surface area (Å²) in [6.07, 6.45) is 3.83. The van der Waals surface area contributed by atoms with E-state index in [9.17, 15) is 4.79 Å². The van der Waals surface area contributed by atoms with Gasteiger partial charge in [-0.15, -0.1) is 11.3 Å². The van der Waals surface area contributed by atoms with Gasteiger partial charge in [-0.1, -0.05) is 11.6 Å². The smallest absolute Gasteiger partial charge is 0.204 e. The maximum absolute atomic E-state index is 12.4. The molecule has 88 valence electrons. The third kappa shape index (κ3) is 2.17. The minimum Gasteiger partial charge on any atom is -0.367 e. The molecule has 0 radical (unpaired) electrons. The van der Waals surface area contributed by atoms with Crippen molar-refractivity contribution in [2.75, 3.05) is 6.61 Å². The summed E-state index contributed by atoms with van der Waals surface area (Å²) in [6.45, 7) is 2.53. The van der Waals surface area contributed by atoms with Crippen LogP contribution in [0.5, 0.6) is 0 Å². The molecule has 0 aliphatic heterocycles. The van der Waals surface area contributed by atoms with Crippen LogP contribution in [-0.2, 0) is 4.74 Å².